The number of nitrogens with one attached hydrogen (secondary N) is 2. The van der Waals surface area contributed by atoms with Gasteiger partial charge in [-0.15, -0.1) is 11.8 Å². The number of aliphatic hydroxyl groups excluding tert-OH is 1. The van der Waals surface area contributed by atoms with Crippen molar-refractivity contribution in [2.24, 2.45) is 11.8 Å². The number of carbonyl (C=O) groups is 3. The molecule has 3 saturated heterocycles. The van der Waals surface area contributed by atoms with Crippen LogP contribution in [-0.2, 0) is 20.9 Å². The van der Waals surface area contributed by atoms with Gasteiger partial charge in [-0.25, -0.2) is 0 Å². The molecule has 3 amide bonds. The Morgan fingerprint density at radius 2 is 1.97 bits per heavy atom. The lowest BCUT2D eigenvalue weighted by Gasteiger charge is -2.36. The first-order valence-corrected chi connectivity index (χ1v) is 12.6. The molecule has 1 aromatic carbocycles. The number of nitrogens with zero attached hydrogens (tertiary/aromatic N) is 1. The summed E-state index contributed by atoms with van der Waals surface area (Å²) >= 11 is 1.66. The van der Waals surface area contributed by atoms with E-state index in [-0.39, 0.29) is 29.6 Å². The molecule has 0 saturated carbocycles. The number of thioether (sulfide) groups is 1. The molecule has 2 bridgehead atoms. The van der Waals surface area contributed by atoms with Crippen molar-refractivity contribution in [1.29, 1.82) is 0 Å². The van der Waals surface area contributed by atoms with Gasteiger partial charge < -0.3 is 20.6 Å². The average Bonchev–Trinajstić information content (AvgIpc) is 3.45. The smallest absolute Gasteiger partial charge is 0.244 e. The summed E-state index contributed by atoms with van der Waals surface area (Å²) in [5.74, 6) is -1.36. The fourth-order valence-corrected chi connectivity index (χ4v) is 7.95. The van der Waals surface area contributed by atoms with E-state index < -0.39 is 28.7 Å². The van der Waals surface area contributed by atoms with Crippen molar-refractivity contribution in [3.63, 3.8) is 0 Å². The lowest BCUT2D eigenvalue weighted by atomic mass is 9.70. The SMILES string of the molecule is CCCNC(=O)[C@@H]1[C@@H]2CCC3(S2)C(C(=O)NCc2ccccc2)N([C@@H](CC)CO)C(=O)[C@H]13. The Morgan fingerprint density at radius 3 is 2.62 bits per heavy atom. The molecular weight excluding hydrogens is 426 g/mol. The van der Waals surface area contributed by atoms with Gasteiger partial charge in [0.1, 0.15) is 6.04 Å². The Bertz CT molecular complexity index is 862. The van der Waals surface area contributed by atoms with Crippen molar-refractivity contribution in [2.75, 3.05) is 13.2 Å². The molecule has 3 aliphatic rings. The first-order chi connectivity index (χ1) is 15.5. The molecule has 2 unspecified atom stereocenters. The van der Waals surface area contributed by atoms with E-state index in [0.717, 1.165) is 24.8 Å². The van der Waals surface area contributed by atoms with Crippen molar-refractivity contribution in [3.8, 4) is 0 Å². The van der Waals surface area contributed by atoms with Crippen molar-refractivity contribution >= 4 is 29.5 Å². The number of hydrogen-bond donors (Lipinski definition) is 3. The van der Waals surface area contributed by atoms with Crippen LogP contribution in [0.1, 0.15) is 45.1 Å². The second kappa shape index (κ2) is 9.43. The largest absolute Gasteiger partial charge is 0.394 e. The summed E-state index contributed by atoms with van der Waals surface area (Å²) in [6, 6.07) is 8.56. The molecule has 0 radical (unpaired) electrons. The number of aliphatic hydroxyl groups is 1. The molecule has 3 aliphatic heterocycles. The van der Waals surface area contributed by atoms with Gasteiger partial charge in [0.15, 0.2) is 0 Å². The summed E-state index contributed by atoms with van der Waals surface area (Å²) in [5, 5.41) is 16.1. The van der Waals surface area contributed by atoms with Crippen LogP contribution in [0.3, 0.4) is 0 Å². The number of hydrogen-bond acceptors (Lipinski definition) is 5. The quantitative estimate of drug-likeness (QED) is 0.522. The van der Waals surface area contributed by atoms with E-state index in [9.17, 15) is 19.5 Å². The van der Waals surface area contributed by atoms with Gasteiger partial charge in [0.05, 0.1) is 29.2 Å². The molecule has 1 aromatic rings. The van der Waals surface area contributed by atoms with Crippen LogP contribution < -0.4 is 10.6 Å². The fourth-order valence-electron chi connectivity index (χ4n) is 5.75. The van der Waals surface area contributed by atoms with E-state index in [4.69, 9.17) is 0 Å². The minimum atomic E-state index is -0.681. The summed E-state index contributed by atoms with van der Waals surface area (Å²) in [4.78, 5) is 42.0. The van der Waals surface area contributed by atoms with Crippen molar-refractivity contribution in [1.82, 2.24) is 15.5 Å². The monoisotopic (exact) mass is 459 g/mol. The number of fused-ring (bicyclic) bond motifs is 1. The van der Waals surface area contributed by atoms with Gasteiger partial charge in [0.25, 0.3) is 0 Å². The van der Waals surface area contributed by atoms with Gasteiger partial charge in [-0.3, -0.25) is 14.4 Å². The van der Waals surface area contributed by atoms with Gasteiger partial charge >= 0.3 is 0 Å². The van der Waals surface area contributed by atoms with Crippen molar-refractivity contribution < 1.29 is 19.5 Å². The second-order valence-electron chi connectivity index (χ2n) is 9.04. The van der Waals surface area contributed by atoms with Crippen LogP contribution in [0.25, 0.3) is 0 Å². The second-order valence-corrected chi connectivity index (χ2v) is 10.6. The van der Waals surface area contributed by atoms with E-state index in [0.29, 0.717) is 19.5 Å². The highest BCUT2D eigenvalue weighted by Crippen LogP contribution is 2.66. The Hall–Kier alpha value is -2.06. The molecule has 6 atom stereocenters. The third-order valence-corrected chi connectivity index (χ3v) is 9.18. The molecule has 0 aliphatic carbocycles. The Balaban J connectivity index is 1.65. The number of carbonyl (C=O) groups excluding carboxylic acids is 3. The van der Waals surface area contributed by atoms with E-state index in [1.54, 1.807) is 16.7 Å². The highest BCUT2D eigenvalue weighted by Gasteiger charge is 2.74. The van der Waals surface area contributed by atoms with Crippen LogP contribution in [0.4, 0.5) is 0 Å². The first kappa shape index (κ1) is 23.1. The number of amides is 3. The summed E-state index contributed by atoms with van der Waals surface area (Å²) < 4.78 is -0.612. The number of benzene rings is 1. The average molecular weight is 460 g/mol. The van der Waals surface area contributed by atoms with E-state index in [1.165, 1.54) is 0 Å². The lowest BCUT2D eigenvalue weighted by molar-refractivity contribution is -0.142. The molecule has 8 heteroatoms. The van der Waals surface area contributed by atoms with E-state index in [1.807, 2.05) is 44.2 Å². The van der Waals surface area contributed by atoms with Gasteiger partial charge in [0, 0.05) is 18.3 Å². The Morgan fingerprint density at radius 1 is 1.22 bits per heavy atom. The number of likely N-dealkylation sites (tertiary alicyclic amines) is 1. The van der Waals surface area contributed by atoms with Gasteiger partial charge in [0.2, 0.25) is 17.7 Å². The van der Waals surface area contributed by atoms with Crippen LogP contribution in [0.15, 0.2) is 30.3 Å². The molecule has 4 rings (SSSR count). The zero-order chi connectivity index (χ0) is 22.9. The van der Waals surface area contributed by atoms with E-state index in [2.05, 4.69) is 10.6 Å². The maximum Gasteiger partial charge on any atom is 0.244 e. The highest BCUT2D eigenvalue weighted by molar-refractivity contribution is 8.02. The fraction of sp³-hybridized carbons (Fsp3) is 0.625. The van der Waals surface area contributed by atoms with Crippen LogP contribution in [0, 0.1) is 11.8 Å². The molecule has 3 heterocycles. The predicted molar refractivity (Wildman–Crippen MR) is 124 cm³/mol. The van der Waals surface area contributed by atoms with Gasteiger partial charge in [-0.2, -0.15) is 0 Å². The summed E-state index contributed by atoms with van der Waals surface area (Å²) in [6.45, 7) is 4.67. The zero-order valence-electron chi connectivity index (χ0n) is 18.8. The maximum absolute atomic E-state index is 13.8. The molecule has 32 heavy (non-hydrogen) atoms. The number of rotatable bonds is 9. The van der Waals surface area contributed by atoms with Crippen molar-refractivity contribution in [3.05, 3.63) is 35.9 Å². The third-order valence-electron chi connectivity index (χ3n) is 7.22. The maximum atomic E-state index is 13.8. The lowest BCUT2D eigenvalue weighted by Crippen LogP contribution is -2.56. The van der Waals surface area contributed by atoms with Gasteiger partial charge in [-0.05, 0) is 31.2 Å². The summed E-state index contributed by atoms with van der Waals surface area (Å²) in [5.41, 5.74) is 0.986. The molecule has 1 spiro atoms. The minimum absolute atomic E-state index is 0.0570. The Kier molecular flexibility index (Phi) is 6.81. The standard InChI is InChI=1S/C24H33N3O4S/c1-3-12-25-21(29)18-17-10-11-24(32-17)19(18)23(31)27(16(4-2)14-28)20(24)22(30)26-13-15-8-6-5-7-9-15/h5-9,16-20,28H,3-4,10-14H2,1-2H3,(H,25,29)(H,26,30)/t16-,17-,18+,19-,20?,24?/m0/s1. The predicted octanol–water partition coefficient (Wildman–Crippen LogP) is 1.69. The third kappa shape index (κ3) is 3.71. The van der Waals surface area contributed by atoms with E-state index >= 15 is 0 Å². The molecule has 0 aromatic heterocycles. The highest BCUT2D eigenvalue weighted by atomic mass is 32.2. The minimum Gasteiger partial charge on any atom is -0.394 e. The molecule has 7 nitrogen and oxygen atoms in total. The molecular formula is C24H33N3O4S. The molecule has 3 N–H and O–H groups in total. The van der Waals surface area contributed by atoms with Crippen LogP contribution in [-0.4, -0.2) is 63.0 Å². The zero-order valence-corrected chi connectivity index (χ0v) is 19.6. The molecule has 174 valence electrons. The van der Waals surface area contributed by atoms with Gasteiger partial charge in [-0.1, -0.05) is 44.2 Å². The summed E-state index contributed by atoms with van der Waals surface area (Å²) in [6.07, 6.45) is 2.94. The van der Waals surface area contributed by atoms with Crippen LogP contribution >= 0.6 is 11.8 Å². The Labute approximate surface area is 193 Å². The van der Waals surface area contributed by atoms with Crippen LogP contribution in [0.5, 0.6) is 0 Å². The van der Waals surface area contributed by atoms with Crippen LogP contribution in [0.2, 0.25) is 0 Å². The summed E-state index contributed by atoms with van der Waals surface area (Å²) in [7, 11) is 0. The van der Waals surface area contributed by atoms with Crippen molar-refractivity contribution in [2.45, 2.75) is 68.2 Å². The molecule has 3 fully saturated rings. The first-order valence-electron chi connectivity index (χ1n) is 11.7. The normalized spacial score (nSPS) is 31.5. The topological polar surface area (TPSA) is 98.7 Å².